The van der Waals surface area contributed by atoms with E-state index in [2.05, 4.69) is 0 Å². The second kappa shape index (κ2) is 7.79. The van der Waals surface area contributed by atoms with Crippen molar-refractivity contribution in [2.45, 2.75) is 43.4 Å². The summed E-state index contributed by atoms with van der Waals surface area (Å²) in [5.41, 5.74) is -0.842. The van der Waals surface area contributed by atoms with Crippen LogP contribution in [0.25, 0.3) is 0 Å². The lowest BCUT2D eigenvalue weighted by Gasteiger charge is -2.42. The van der Waals surface area contributed by atoms with Crippen molar-refractivity contribution in [2.75, 3.05) is 13.4 Å². The van der Waals surface area contributed by atoms with Crippen LogP contribution in [0.2, 0.25) is 0 Å². The highest BCUT2D eigenvalue weighted by Gasteiger charge is 2.53. The number of hydrogen-bond acceptors (Lipinski definition) is 8. The van der Waals surface area contributed by atoms with Crippen LogP contribution in [-0.4, -0.2) is 61.9 Å². The van der Waals surface area contributed by atoms with Crippen LogP contribution in [0, 0.1) is 0 Å². The third-order valence-electron chi connectivity index (χ3n) is 4.06. The van der Waals surface area contributed by atoms with Gasteiger partial charge in [0.2, 0.25) is 0 Å². The molecule has 9 heteroatoms. The molecule has 0 amide bonds. The minimum absolute atomic E-state index is 0.0460. The largest absolute Gasteiger partial charge is 0.467 e. The molecule has 1 aromatic rings. The van der Waals surface area contributed by atoms with Crippen molar-refractivity contribution in [1.82, 2.24) is 0 Å². The number of methoxy groups -OCH3 is 1. The van der Waals surface area contributed by atoms with Gasteiger partial charge in [0.25, 0.3) is 10.1 Å². The molecular weight excluding hydrogens is 352 g/mol. The van der Waals surface area contributed by atoms with Crippen molar-refractivity contribution >= 4 is 16.1 Å². The van der Waals surface area contributed by atoms with Crippen LogP contribution in [0.15, 0.2) is 30.3 Å². The van der Waals surface area contributed by atoms with Crippen molar-refractivity contribution in [3.05, 3.63) is 35.9 Å². The molecule has 1 fully saturated rings. The first-order valence-electron chi connectivity index (χ1n) is 7.67. The maximum atomic E-state index is 12.3. The second-order valence-corrected chi connectivity index (χ2v) is 7.67. The Labute approximate surface area is 146 Å². The van der Waals surface area contributed by atoms with Gasteiger partial charge < -0.3 is 19.7 Å². The smallest absolute Gasteiger partial charge is 0.338 e. The zero-order valence-corrected chi connectivity index (χ0v) is 14.8. The molecule has 0 unspecified atom stereocenters. The van der Waals surface area contributed by atoms with E-state index in [1.807, 2.05) is 6.07 Å². The third kappa shape index (κ3) is 4.99. The first-order valence-corrected chi connectivity index (χ1v) is 9.49. The van der Waals surface area contributed by atoms with Gasteiger partial charge >= 0.3 is 5.97 Å². The van der Waals surface area contributed by atoms with Crippen molar-refractivity contribution in [3.63, 3.8) is 0 Å². The monoisotopic (exact) mass is 374 g/mol. The van der Waals surface area contributed by atoms with Crippen LogP contribution in [0.5, 0.6) is 0 Å². The molecule has 0 aromatic heterocycles. The molecule has 8 nitrogen and oxygen atoms in total. The summed E-state index contributed by atoms with van der Waals surface area (Å²) in [5.74, 6) is -0.767. The number of carbonyl (C=O) groups excluding carboxylic acids is 1. The summed E-state index contributed by atoms with van der Waals surface area (Å²) in [6, 6.07) is 9.03. The Morgan fingerprint density at radius 2 is 1.88 bits per heavy atom. The van der Waals surface area contributed by atoms with Crippen LogP contribution < -0.4 is 0 Å². The van der Waals surface area contributed by atoms with Gasteiger partial charge in [0, 0.05) is 12.8 Å². The molecule has 25 heavy (non-hydrogen) atoms. The van der Waals surface area contributed by atoms with E-state index in [4.69, 9.17) is 13.7 Å². The van der Waals surface area contributed by atoms with Gasteiger partial charge in [-0.1, -0.05) is 30.3 Å². The lowest BCUT2D eigenvalue weighted by Crippen LogP contribution is -2.58. The molecule has 140 valence electrons. The molecule has 2 rings (SSSR count). The Kier molecular flexibility index (Phi) is 6.17. The Morgan fingerprint density at radius 1 is 1.24 bits per heavy atom. The van der Waals surface area contributed by atoms with E-state index in [9.17, 15) is 23.4 Å². The number of carbonyl (C=O) groups is 1. The number of ether oxygens (including phenoxy) is 2. The molecule has 0 aliphatic heterocycles. The fraction of sp³-hybridized carbons (Fsp3) is 0.562. The first-order chi connectivity index (χ1) is 11.7. The summed E-state index contributed by atoms with van der Waals surface area (Å²) < 4.78 is 38.2. The molecular formula is C16H22O8S. The van der Waals surface area contributed by atoms with E-state index in [-0.39, 0.29) is 19.4 Å². The van der Waals surface area contributed by atoms with E-state index in [1.54, 1.807) is 24.3 Å². The summed E-state index contributed by atoms with van der Waals surface area (Å²) in [4.78, 5) is 12.3. The SMILES string of the molecule is COC(=O)[C@]1(OCc2ccccc2)C[C@@H](O)[C@@H](O)[C@H](OS(C)(=O)=O)C1. The van der Waals surface area contributed by atoms with Gasteiger partial charge in [0.05, 0.1) is 26.1 Å². The summed E-state index contributed by atoms with van der Waals surface area (Å²) >= 11 is 0. The Morgan fingerprint density at radius 3 is 2.44 bits per heavy atom. The molecule has 0 spiro atoms. The Bertz CT molecular complexity index is 689. The average Bonchev–Trinajstić information content (AvgIpc) is 2.56. The molecule has 2 N–H and O–H groups in total. The zero-order chi connectivity index (χ0) is 18.7. The minimum atomic E-state index is -3.91. The number of aliphatic hydroxyl groups is 2. The summed E-state index contributed by atoms with van der Waals surface area (Å²) in [5, 5.41) is 20.1. The van der Waals surface area contributed by atoms with Crippen molar-refractivity contribution < 1.29 is 37.1 Å². The highest BCUT2D eigenvalue weighted by molar-refractivity contribution is 7.86. The predicted octanol–water partition coefficient (Wildman–Crippen LogP) is -0.0246. The molecule has 1 aliphatic rings. The lowest BCUT2D eigenvalue weighted by molar-refractivity contribution is -0.202. The van der Waals surface area contributed by atoms with E-state index in [0.717, 1.165) is 11.8 Å². The molecule has 1 saturated carbocycles. The van der Waals surface area contributed by atoms with Gasteiger partial charge in [-0.15, -0.1) is 0 Å². The molecule has 0 radical (unpaired) electrons. The Hall–Kier alpha value is -1.52. The van der Waals surface area contributed by atoms with Gasteiger partial charge in [0.1, 0.15) is 12.2 Å². The quantitative estimate of drug-likeness (QED) is 0.526. The fourth-order valence-electron chi connectivity index (χ4n) is 2.88. The van der Waals surface area contributed by atoms with Crippen molar-refractivity contribution in [1.29, 1.82) is 0 Å². The van der Waals surface area contributed by atoms with Crippen LogP contribution in [0.4, 0.5) is 0 Å². The third-order valence-corrected chi connectivity index (χ3v) is 4.66. The maximum Gasteiger partial charge on any atom is 0.338 e. The average molecular weight is 374 g/mol. The second-order valence-electron chi connectivity index (χ2n) is 6.07. The van der Waals surface area contributed by atoms with Crippen LogP contribution in [0.1, 0.15) is 18.4 Å². The van der Waals surface area contributed by atoms with Gasteiger partial charge in [-0.3, -0.25) is 4.18 Å². The standard InChI is InChI=1S/C16H22O8S/c1-22-15(19)16(23-10-11-6-4-3-5-7-11)8-12(17)14(18)13(9-16)24-25(2,20)21/h3-7,12-14,17-18H,8-10H2,1-2H3/t12-,13-,14-,16+/m1/s1. The van der Waals surface area contributed by atoms with Gasteiger partial charge in [-0.05, 0) is 5.56 Å². The van der Waals surface area contributed by atoms with E-state index in [0.29, 0.717) is 0 Å². The van der Waals surface area contributed by atoms with Gasteiger partial charge in [0.15, 0.2) is 5.60 Å². The van der Waals surface area contributed by atoms with Crippen LogP contribution in [0.3, 0.4) is 0 Å². The summed E-state index contributed by atoms with van der Waals surface area (Å²) in [6.07, 6.45) is -3.88. The number of rotatable bonds is 6. The van der Waals surface area contributed by atoms with E-state index < -0.39 is 40.0 Å². The predicted molar refractivity (Wildman–Crippen MR) is 86.9 cm³/mol. The molecule has 4 atom stereocenters. The highest BCUT2D eigenvalue weighted by atomic mass is 32.2. The fourth-order valence-corrected chi connectivity index (χ4v) is 3.51. The summed E-state index contributed by atoms with van der Waals surface area (Å²) in [7, 11) is -2.74. The topological polar surface area (TPSA) is 119 Å². The van der Waals surface area contributed by atoms with Gasteiger partial charge in [-0.2, -0.15) is 8.42 Å². The molecule has 0 heterocycles. The van der Waals surface area contributed by atoms with Crippen LogP contribution >= 0.6 is 0 Å². The maximum absolute atomic E-state index is 12.3. The van der Waals surface area contributed by atoms with E-state index in [1.165, 1.54) is 7.11 Å². The normalized spacial score (nSPS) is 30.0. The summed E-state index contributed by atoms with van der Waals surface area (Å²) in [6.45, 7) is 0.0460. The molecule has 0 bridgehead atoms. The molecule has 1 aliphatic carbocycles. The Balaban J connectivity index is 2.26. The van der Waals surface area contributed by atoms with Gasteiger partial charge in [-0.25, -0.2) is 4.79 Å². The van der Waals surface area contributed by atoms with E-state index >= 15 is 0 Å². The number of aliphatic hydroxyl groups excluding tert-OH is 2. The number of esters is 1. The molecule has 1 aromatic carbocycles. The first kappa shape index (κ1) is 19.8. The number of hydrogen-bond donors (Lipinski definition) is 2. The van der Waals surface area contributed by atoms with Crippen molar-refractivity contribution in [3.8, 4) is 0 Å². The lowest BCUT2D eigenvalue weighted by atomic mass is 9.79. The van der Waals surface area contributed by atoms with Crippen molar-refractivity contribution in [2.24, 2.45) is 0 Å². The zero-order valence-electron chi connectivity index (χ0n) is 14.0. The highest BCUT2D eigenvalue weighted by Crippen LogP contribution is 2.36. The molecule has 0 saturated heterocycles. The van der Waals surface area contributed by atoms with Crippen LogP contribution in [-0.2, 0) is 35.2 Å². The minimum Gasteiger partial charge on any atom is -0.467 e. The number of benzene rings is 1.